The molecule has 3 rings (SSSR count). The molecule has 23 heavy (non-hydrogen) atoms. The highest BCUT2D eigenvalue weighted by molar-refractivity contribution is 6.30. The zero-order valence-electron chi connectivity index (χ0n) is 11.9. The van der Waals surface area contributed by atoms with Gasteiger partial charge in [-0.2, -0.15) is 10.2 Å². The van der Waals surface area contributed by atoms with Gasteiger partial charge in [0, 0.05) is 28.5 Å². The Morgan fingerprint density at radius 3 is 2.78 bits per heavy atom. The molecule has 0 saturated carbocycles. The van der Waals surface area contributed by atoms with E-state index >= 15 is 0 Å². The number of rotatable bonds is 4. The second-order valence-electron chi connectivity index (χ2n) is 4.65. The van der Waals surface area contributed by atoms with E-state index in [0.717, 1.165) is 16.8 Å². The molecule has 0 aliphatic heterocycles. The van der Waals surface area contributed by atoms with E-state index in [4.69, 9.17) is 11.6 Å². The van der Waals surface area contributed by atoms with Gasteiger partial charge >= 0.3 is 0 Å². The fourth-order valence-electron chi connectivity index (χ4n) is 1.96. The van der Waals surface area contributed by atoms with Crippen LogP contribution >= 0.6 is 11.6 Å². The molecule has 2 aromatic heterocycles. The van der Waals surface area contributed by atoms with Gasteiger partial charge in [-0.15, -0.1) is 0 Å². The lowest BCUT2D eigenvalue weighted by Gasteiger charge is -2.00. The first-order chi connectivity index (χ1) is 11.2. The topological polar surface area (TPSA) is 83.0 Å². The SMILES string of the molecule is O=C(N/N=C\c1cn[nH]c1-c1ccc(Cl)cc1)c1cccnc1. The molecule has 2 N–H and O–H groups in total. The summed E-state index contributed by atoms with van der Waals surface area (Å²) < 4.78 is 0. The Bertz CT molecular complexity index is 827. The van der Waals surface area contributed by atoms with Crippen molar-refractivity contribution in [1.29, 1.82) is 0 Å². The molecule has 0 radical (unpaired) electrons. The zero-order valence-corrected chi connectivity index (χ0v) is 12.7. The Hall–Kier alpha value is -2.99. The molecular weight excluding hydrogens is 314 g/mol. The largest absolute Gasteiger partial charge is 0.277 e. The van der Waals surface area contributed by atoms with Crippen LogP contribution in [0.3, 0.4) is 0 Å². The number of carbonyl (C=O) groups is 1. The van der Waals surface area contributed by atoms with Gasteiger partial charge in [0.25, 0.3) is 5.91 Å². The van der Waals surface area contributed by atoms with Crippen molar-refractivity contribution >= 4 is 23.7 Å². The molecule has 0 unspecified atom stereocenters. The van der Waals surface area contributed by atoms with Gasteiger partial charge in [-0.05, 0) is 24.3 Å². The lowest BCUT2D eigenvalue weighted by atomic mass is 10.1. The lowest BCUT2D eigenvalue weighted by Crippen LogP contribution is -2.17. The van der Waals surface area contributed by atoms with E-state index in [-0.39, 0.29) is 5.91 Å². The summed E-state index contributed by atoms with van der Waals surface area (Å²) in [6, 6.07) is 10.7. The van der Waals surface area contributed by atoms with Crippen LogP contribution in [0.1, 0.15) is 15.9 Å². The van der Waals surface area contributed by atoms with Crippen LogP contribution in [0.2, 0.25) is 5.02 Å². The van der Waals surface area contributed by atoms with Crippen LogP contribution < -0.4 is 5.43 Å². The number of hydrogen-bond acceptors (Lipinski definition) is 4. The van der Waals surface area contributed by atoms with Crippen molar-refractivity contribution in [1.82, 2.24) is 20.6 Å². The first kappa shape index (κ1) is 14.9. The second kappa shape index (κ2) is 6.85. The first-order valence-electron chi connectivity index (χ1n) is 6.77. The molecule has 6 nitrogen and oxygen atoms in total. The number of benzene rings is 1. The Balaban J connectivity index is 1.73. The van der Waals surface area contributed by atoms with E-state index in [1.54, 1.807) is 36.7 Å². The molecule has 0 atom stereocenters. The molecule has 1 aromatic carbocycles. The number of carbonyl (C=O) groups excluding carboxylic acids is 1. The van der Waals surface area contributed by atoms with Gasteiger partial charge in [0.1, 0.15) is 0 Å². The summed E-state index contributed by atoms with van der Waals surface area (Å²) in [6.07, 6.45) is 6.23. The normalized spacial score (nSPS) is 10.8. The Morgan fingerprint density at radius 2 is 2.04 bits per heavy atom. The van der Waals surface area contributed by atoms with Gasteiger partial charge in [-0.3, -0.25) is 14.9 Å². The van der Waals surface area contributed by atoms with Gasteiger partial charge in [0.2, 0.25) is 0 Å². The van der Waals surface area contributed by atoms with Crippen LogP contribution in [0.15, 0.2) is 60.1 Å². The summed E-state index contributed by atoms with van der Waals surface area (Å²) in [5, 5.41) is 11.5. The number of pyridine rings is 1. The van der Waals surface area contributed by atoms with Crippen molar-refractivity contribution in [3.05, 3.63) is 71.1 Å². The predicted octanol–water partition coefficient (Wildman–Crippen LogP) is 2.89. The number of hydrogen-bond donors (Lipinski definition) is 2. The summed E-state index contributed by atoms with van der Waals surface area (Å²) in [5.41, 5.74) is 5.36. The van der Waals surface area contributed by atoms with Crippen LogP contribution in [-0.2, 0) is 0 Å². The smallest absolute Gasteiger partial charge is 0.272 e. The molecule has 0 aliphatic carbocycles. The number of hydrazone groups is 1. The van der Waals surface area contributed by atoms with Gasteiger partial charge in [0.15, 0.2) is 0 Å². The Morgan fingerprint density at radius 1 is 1.22 bits per heavy atom. The molecule has 7 heteroatoms. The van der Waals surface area contributed by atoms with Crippen molar-refractivity contribution in [3.63, 3.8) is 0 Å². The third-order valence-corrected chi connectivity index (χ3v) is 3.35. The van der Waals surface area contributed by atoms with Crippen molar-refractivity contribution < 1.29 is 4.79 Å². The maximum Gasteiger partial charge on any atom is 0.272 e. The molecule has 114 valence electrons. The third kappa shape index (κ3) is 3.61. The fourth-order valence-corrected chi connectivity index (χ4v) is 2.09. The number of aromatic amines is 1. The summed E-state index contributed by atoms with van der Waals surface area (Å²) in [5.74, 6) is -0.328. The summed E-state index contributed by atoms with van der Waals surface area (Å²) in [7, 11) is 0. The summed E-state index contributed by atoms with van der Waals surface area (Å²) in [6.45, 7) is 0. The Kier molecular flexibility index (Phi) is 4.44. The van der Waals surface area contributed by atoms with Crippen molar-refractivity contribution in [3.8, 4) is 11.3 Å². The van der Waals surface area contributed by atoms with E-state index in [2.05, 4.69) is 25.7 Å². The molecule has 0 fully saturated rings. The van der Waals surface area contributed by atoms with Gasteiger partial charge in [0.05, 0.1) is 23.7 Å². The van der Waals surface area contributed by atoms with E-state index in [0.29, 0.717) is 10.6 Å². The number of halogens is 1. The van der Waals surface area contributed by atoms with Crippen LogP contribution in [0.4, 0.5) is 0 Å². The highest BCUT2D eigenvalue weighted by Crippen LogP contribution is 2.21. The minimum absolute atomic E-state index is 0.328. The Labute approximate surface area is 137 Å². The average Bonchev–Trinajstić information content (AvgIpc) is 3.05. The predicted molar refractivity (Wildman–Crippen MR) is 88.3 cm³/mol. The molecule has 1 amide bonds. The summed E-state index contributed by atoms with van der Waals surface area (Å²) >= 11 is 5.88. The number of H-pyrrole nitrogens is 1. The molecule has 0 saturated heterocycles. The third-order valence-electron chi connectivity index (χ3n) is 3.10. The van der Waals surface area contributed by atoms with Gasteiger partial charge < -0.3 is 0 Å². The molecule has 3 aromatic rings. The second-order valence-corrected chi connectivity index (χ2v) is 5.08. The van der Waals surface area contributed by atoms with Crippen molar-refractivity contribution in [2.75, 3.05) is 0 Å². The van der Waals surface area contributed by atoms with Crippen molar-refractivity contribution in [2.45, 2.75) is 0 Å². The van der Waals surface area contributed by atoms with Gasteiger partial charge in [-0.1, -0.05) is 23.7 Å². The number of nitrogens with zero attached hydrogens (tertiary/aromatic N) is 3. The first-order valence-corrected chi connectivity index (χ1v) is 7.14. The van der Waals surface area contributed by atoms with Crippen molar-refractivity contribution in [2.24, 2.45) is 5.10 Å². The molecule has 2 heterocycles. The lowest BCUT2D eigenvalue weighted by molar-refractivity contribution is 0.0955. The maximum atomic E-state index is 11.9. The van der Waals surface area contributed by atoms with Crippen LogP contribution in [0, 0.1) is 0 Å². The standard InChI is InChI=1S/C16H12ClN5O/c17-14-5-3-11(4-6-14)15-13(9-19-21-15)10-20-22-16(23)12-2-1-7-18-8-12/h1-10H,(H,19,21)(H,22,23)/b20-10-. The number of amides is 1. The maximum absolute atomic E-state index is 11.9. The van der Waals surface area contributed by atoms with Crippen LogP contribution in [0.5, 0.6) is 0 Å². The number of aromatic nitrogens is 3. The number of nitrogens with one attached hydrogen (secondary N) is 2. The van der Waals surface area contributed by atoms with Crippen LogP contribution in [-0.4, -0.2) is 27.3 Å². The van der Waals surface area contributed by atoms with E-state index < -0.39 is 0 Å². The van der Waals surface area contributed by atoms with Crippen LogP contribution in [0.25, 0.3) is 11.3 Å². The quantitative estimate of drug-likeness (QED) is 0.571. The monoisotopic (exact) mass is 325 g/mol. The van der Waals surface area contributed by atoms with E-state index in [9.17, 15) is 4.79 Å². The molecule has 0 aliphatic rings. The zero-order chi connectivity index (χ0) is 16.1. The minimum Gasteiger partial charge on any atom is -0.277 e. The fraction of sp³-hybridized carbons (Fsp3) is 0. The molecule has 0 spiro atoms. The summed E-state index contributed by atoms with van der Waals surface area (Å²) in [4.78, 5) is 15.7. The highest BCUT2D eigenvalue weighted by atomic mass is 35.5. The van der Waals surface area contributed by atoms with E-state index in [1.165, 1.54) is 12.4 Å². The van der Waals surface area contributed by atoms with E-state index in [1.807, 2.05) is 12.1 Å². The van der Waals surface area contributed by atoms with Gasteiger partial charge in [-0.25, -0.2) is 5.43 Å². The average molecular weight is 326 g/mol. The highest BCUT2D eigenvalue weighted by Gasteiger charge is 2.07. The molecular formula is C16H12ClN5O. The minimum atomic E-state index is -0.328. The molecule has 0 bridgehead atoms.